The Morgan fingerprint density at radius 2 is 2.06 bits per heavy atom. The third-order valence-corrected chi connectivity index (χ3v) is 2.71. The molecule has 2 nitrogen and oxygen atoms in total. The van der Waals surface area contributed by atoms with Gasteiger partial charge < -0.3 is 5.32 Å². The van der Waals surface area contributed by atoms with Crippen molar-refractivity contribution in [2.45, 2.75) is 6.54 Å². The van der Waals surface area contributed by atoms with Crippen LogP contribution in [0.15, 0.2) is 42.5 Å². The van der Waals surface area contributed by atoms with Gasteiger partial charge in [0.1, 0.15) is 11.9 Å². The minimum absolute atomic E-state index is 0.289. The average molecular weight is 261 g/mol. The predicted molar refractivity (Wildman–Crippen MR) is 69.9 cm³/mol. The Hall–Kier alpha value is -2.05. The average Bonchev–Trinajstić information content (AvgIpc) is 2.37. The molecule has 0 aliphatic heterocycles. The standard InChI is InChI=1S/C14H10ClFN2/c15-12-3-1-2-10(6-12)9-18-14-5-4-13(16)7-11(14)8-17/h1-7,18H,9H2. The lowest BCUT2D eigenvalue weighted by Gasteiger charge is -2.08. The molecule has 0 saturated heterocycles. The fourth-order valence-electron chi connectivity index (χ4n) is 1.61. The minimum Gasteiger partial charge on any atom is -0.380 e. The summed E-state index contributed by atoms with van der Waals surface area (Å²) in [7, 11) is 0. The molecular weight excluding hydrogens is 251 g/mol. The van der Waals surface area contributed by atoms with Crippen LogP contribution < -0.4 is 5.32 Å². The summed E-state index contributed by atoms with van der Waals surface area (Å²) in [6.45, 7) is 0.529. The van der Waals surface area contributed by atoms with Crippen LogP contribution >= 0.6 is 11.6 Å². The predicted octanol–water partition coefficient (Wildman–Crippen LogP) is 3.96. The number of anilines is 1. The molecule has 0 heterocycles. The first-order valence-electron chi connectivity index (χ1n) is 5.37. The third-order valence-electron chi connectivity index (χ3n) is 2.47. The maximum atomic E-state index is 13.0. The van der Waals surface area contributed by atoms with Gasteiger partial charge >= 0.3 is 0 Å². The van der Waals surface area contributed by atoms with Crippen LogP contribution in [0.3, 0.4) is 0 Å². The van der Waals surface area contributed by atoms with Crippen molar-refractivity contribution in [1.29, 1.82) is 5.26 Å². The maximum Gasteiger partial charge on any atom is 0.124 e. The zero-order chi connectivity index (χ0) is 13.0. The van der Waals surface area contributed by atoms with Crippen LogP contribution in [-0.2, 0) is 6.54 Å². The summed E-state index contributed by atoms with van der Waals surface area (Å²) in [6, 6.07) is 13.5. The fraction of sp³-hybridized carbons (Fsp3) is 0.0714. The highest BCUT2D eigenvalue weighted by Gasteiger charge is 2.03. The summed E-state index contributed by atoms with van der Waals surface area (Å²) in [5.74, 6) is -0.417. The van der Waals surface area contributed by atoms with Crippen LogP contribution in [0.2, 0.25) is 5.02 Å². The summed E-state index contributed by atoms with van der Waals surface area (Å²) in [5, 5.41) is 12.7. The molecule has 0 bridgehead atoms. The molecule has 0 atom stereocenters. The molecular formula is C14H10ClFN2. The van der Waals surface area contributed by atoms with Gasteiger partial charge in [0.15, 0.2) is 0 Å². The maximum absolute atomic E-state index is 13.0. The van der Waals surface area contributed by atoms with Crippen molar-refractivity contribution >= 4 is 17.3 Å². The first-order chi connectivity index (χ1) is 8.69. The Labute approximate surface area is 110 Å². The number of hydrogen-bond acceptors (Lipinski definition) is 2. The molecule has 2 rings (SSSR count). The molecule has 0 aliphatic carbocycles. The van der Waals surface area contributed by atoms with Gasteiger partial charge in [-0.3, -0.25) is 0 Å². The minimum atomic E-state index is -0.417. The van der Waals surface area contributed by atoms with E-state index >= 15 is 0 Å². The Bertz CT molecular complexity index is 605. The van der Waals surface area contributed by atoms with Gasteiger partial charge in [-0.15, -0.1) is 0 Å². The molecule has 0 aliphatic rings. The number of rotatable bonds is 3. The molecule has 0 spiro atoms. The highest BCUT2D eigenvalue weighted by atomic mass is 35.5. The Morgan fingerprint density at radius 1 is 1.22 bits per heavy atom. The Kier molecular flexibility index (Phi) is 3.81. The highest BCUT2D eigenvalue weighted by Crippen LogP contribution is 2.18. The summed E-state index contributed by atoms with van der Waals surface area (Å²) < 4.78 is 13.0. The molecule has 0 amide bonds. The van der Waals surface area contributed by atoms with Gasteiger partial charge in [0, 0.05) is 11.6 Å². The van der Waals surface area contributed by atoms with Crippen molar-refractivity contribution in [1.82, 2.24) is 0 Å². The topological polar surface area (TPSA) is 35.8 Å². The van der Waals surface area contributed by atoms with Gasteiger partial charge in [-0.25, -0.2) is 4.39 Å². The van der Waals surface area contributed by atoms with Crippen LogP contribution in [0.25, 0.3) is 0 Å². The largest absolute Gasteiger partial charge is 0.380 e. The number of nitrogens with zero attached hydrogens (tertiary/aromatic N) is 1. The monoisotopic (exact) mass is 260 g/mol. The first kappa shape index (κ1) is 12.4. The molecule has 18 heavy (non-hydrogen) atoms. The SMILES string of the molecule is N#Cc1cc(F)ccc1NCc1cccc(Cl)c1. The summed E-state index contributed by atoms with van der Waals surface area (Å²) in [6.07, 6.45) is 0. The van der Waals surface area contributed by atoms with E-state index in [4.69, 9.17) is 16.9 Å². The summed E-state index contributed by atoms with van der Waals surface area (Å²) in [5.41, 5.74) is 1.90. The van der Waals surface area contributed by atoms with Gasteiger partial charge in [0.25, 0.3) is 0 Å². The zero-order valence-corrected chi connectivity index (χ0v) is 10.2. The van der Waals surface area contributed by atoms with Crippen LogP contribution in [0.5, 0.6) is 0 Å². The van der Waals surface area contributed by atoms with E-state index in [1.807, 2.05) is 24.3 Å². The van der Waals surface area contributed by atoms with Crippen molar-refractivity contribution in [3.63, 3.8) is 0 Å². The molecule has 2 aromatic carbocycles. The second-order valence-electron chi connectivity index (χ2n) is 3.79. The zero-order valence-electron chi connectivity index (χ0n) is 9.45. The highest BCUT2D eigenvalue weighted by molar-refractivity contribution is 6.30. The number of hydrogen-bond donors (Lipinski definition) is 1. The Balaban J connectivity index is 2.14. The van der Waals surface area contributed by atoms with Crippen LogP contribution in [0.1, 0.15) is 11.1 Å². The quantitative estimate of drug-likeness (QED) is 0.907. The molecule has 4 heteroatoms. The van der Waals surface area contributed by atoms with Gasteiger partial charge in [-0.05, 0) is 35.9 Å². The van der Waals surface area contributed by atoms with Crippen molar-refractivity contribution in [2.75, 3.05) is 5.32 Å². The lowest BCUT2D eigenvalue weighted by Crippen LogP contribution is -2.01. The van der Waals surface area contributed by atoms with E-state index in [1.54, 1.807) is 12.1 Å². The van der Waals surface area contributed by atoms with E-state index in [1.165, 1.54) is 12.1 Å². The van der Waals surface area contributed by atoms with Crippen molar-refractivity contribution in [3.05, 3.63) is 64.4 Å². The number of nitriles is 1. The van der Waals surface area contributed by atoms with Gasteiger partial charge in [0.05, 0.1) is 11.3 Å². The Morgan fingerprint density at radius 3 is 2.78 bits per heavy atom. The number of halogens is 2. The van der Waals surface area contributed by atoms with E-state index in [0.717, 1.165) is 5.56 Å². The molecule has 0 radical (unpaired) electrons. The van der Waals surface area contributed by atoms with Crippen molar-refractivity contribution < 1.29 is 4.39 Å². The van der Waals surface area contributed by atoms with E-state index in [-0.39, 0.29) is 5.56 Å². The van der Waals surface area contributed by atoms with E-state index < -0.39 is 5.82 Å². The second kappa shape index (κ2) is 5.52. The van der Waals surface area contributed by atoms with Crippen LogP contribution in [-0.4, -0.2) is 0 Å². The van der Waals surface area contributed by atoms with Gasteiger partial charge in [-0.1, -0.05) is 23.7 Å². The summed E-state index contributed by atoms with van der Waals surface area (Å²) >= 11 is 5.88. The van der Waals surface area contributed by atoms with E-state index in [9.17, 15) is 4.39 Å². The molecule has 1 N–H and O–H groups in total. The van der Waals surface area contributed by atoms with Crippen molar-refractivity contribution in [3.8, 4) is 6.07 Å². The number of benzene rings is 2. The molecule has 0 unspecified atom stereocenters. The van der Waals surface area contributed by atoms with Gasteiger partial charge in [-0.2, -0.15) is 5.26 Å². The van der Waals surface area contributed by atoms with Crippen molar-refractivity contribution in [2.24, 2.45) is 0 Å². The third kappa shape index (κ3) is 2.99. The normalized spacial score (nSPS) is 9.83. The van der Waals surface area contributed by atoms with Gasteiger partial charge in [0.2, 0.25) is 0 Å². The first-order valence-corrected chi connectivity index (χ1v) is 5.75. The molecule has 0 fully saturated rings. The molecule has 0 aromatic heterocycles. The molecule has 0 saturated carbocycles. The van der Waals surface area contributed by atoms with Crippen LogP contribution in [0.4, 0.5) is 10.1 Å². The second-order valence-corrected chi connectivity index (χ2v) is 4.22. The molecule has 90 valence electrons. The smallest absolute Gasteiger partial charge is 0.124 e. The lowest BCUT2D eigenvalue weighted by atomic mass is 10.1. The summed E-state index contributed by atoms with van der Waals surface area (Å²) in [4.78, 5) is 0. The van der Waals surface area contributed by atoms with E-state index in [0.29, 0.717) is 17.3 Å². The van der Waals surface area contributed by atoms with E-state index in [2.05, 4.69) is 5.32 Å². The van der Waals surface area contributed by atoms with Crippen LogP contribution in [0, 0.1) is 17.1 Å². The lowest BCUT2D eigenvalue weighted by molar-refractivity contribution is 0.627. The molecule has 2 aromatic rings. The fourth-order valence-corrected chi connectivity index (χ4v) is 1.82. The number of nitrogens with one attached hydrogen (secondary N) is 1.